The van der Waals surface area contributed by atoms with E-state index >= 15 is 0 Å². The lowest BCUT2D eigenvalue weighted by Gasteiger charge is -2.38. The summed E-state index contributed by atoms with van der Waals surface area (Å²) in [4.78, 5) is 35.0. The molecular weight excluding hydrogens is 351 g/mol. The van der Waals surface area contributed by atoms with Crippen LogP contribution in [0.4, 0.5) is 5.95 Å². The van der Waals surface area contributed by atoms with Crippen molar-refractivity contribution in [1.82, 2.24) is 14.9 Å². The number of aliphatic carboxylic acids is 1. The van der Waals surface area contributed by atoms with Crippen molar-refractivity contribution in [3.8, 4) is 0 Å². The van der Waals surface area contributed by atoms with E-state index in [2.05, 4.69) is 9.97 Å². The lowest BCUT2D eigenvalue weighted by Crippen LogP contribution is -2.58. The van der Waals surface area contributed by atoms with Gasteiger partial charge in [0.15, 0.2) is 0 Å². The van der Waals surface area contributed by atoms with Gasteiger partial charge in [-0.3, -0.25) is 4.79 Å². The smallest absolute Gasteiger partial charge is 0.480 e. The maximum atomic E-state index is 11.7. The third-order valence-electron chi connectivity index (χ3n) is 5.55. The molecule has 2 saturated heterocycles. The third-order valence-corrected chi connectivity index (χ3v) is 5.55. The Kier molecular flexibility index (Phi) is 4.90. The second kappa shape index (κ2) is 6.76. The first kappa shape index (κ1) is 19.6. The number of aromatic nitrogens is 2. The molecule has 1 aromatic rings. The van der Waals surface area contributed by atoms with Crippen LogP contribution in [0.2, 0.25) is 0 Å². The highest BCUT2D eigenvalue weighted by atomic mass is 16.7. The Morgan fingerprint density at radius 1 is 1.15 bits per heavy atom. The number of carboxylic acids is 1. The number of hydrogen-bond donors (Lipinski definition) is 1. The minimum absolute atomic E-state index is 0.104. The standard InChI is InChI=1S/C17H25BN4O5/c1-11(23)21-6-7-22(13(10-21)14(24)25)15-19-8-12(9-20-15)18-26-16(2,3)17(4,5)27-18/h8-9,13H,6-7,10H2,1-5H3,(H,24,25)/t13-/m1/s1. The average molecular weight is 376 g/mol. The van der Waals surface area contributed by atoms with Crippen LogP contribution in [0.5, 0.6) is 0 Å². The summed E-state index contributed by atoms with van der Waals surface area (Å²) in [6, 6.07) is -0.884. The molecule has 0 aliphatic carbocycles. The average Bonchev–Trinajstić information content (AvgIpc) is 2.82. The van der Waals surface area contributed by atoms with Gasteiger partial charge >= 0.3 is 13.1 Å². The molecule has 2 fully saturated rings. The minimum Gasteiger partial charge on any atom is -0.480 e. The number of amides is 1. The van der Waals surface area contributed by atoms with E-state index in [0.29, 0.717) is 24.5 Å². The Morgan fingerprint density at radius 2 is 1.70 bits per heavy atom. The van der Waals surface area contributed by atoms with Crippen LogP contribution >= 0.6 is 0 Å². The number of carbonyl (C=O) groups excluding carboxylic acids is 1. The first-order valence-corrected chi connectivity index (χ1v) is 8.94. The molecule has 0 bridgehead atoms. The van der Waals surface area contributed by atoms with Gasteiger partial charge in [0.2, 0.25) is 11.9 Å². The van der Waals surface area contributed by atoms with E-state index in [-0.39, 0.29) is 12.5 Å². The van der Waals surface area contributed by atoms with Gasteiger partial charge in [-0.15, -0.1) is 0 Å². The van der Waals surface area contributed by atoms with Crippen molar-refractivity contribution >= 4 is 30.4 Å². The molecule has 0 saturated carbocycles. The number of piperazine rings is 1. The fraction of sp³-hybridized carbons (Fsp3) is 0.647. The van der Waals surface area contributed by atoms with Crippen molar-refractivity contribution in [2.45, 2.75) is 51.9 Å². The van der Waals surface area contributed by atoms with E-state index < -0.39 is 30.3 Å². The summed E-state index contributed by atoms with van der Waals surface area (Å²) in [5.41, 5.74) is -0.256. The zero-order valence-corrected chi connectivity index (χ0v) is 16.3. The molecule has 0 radical (unpaired) electrons. The molecule has 1 aromatic heterocycles. The molecule has 0 unspecified atom stereocenters. The van der Waals surface area contributed by atoms with Gasteiger partial charge in [0.25, 0.3) is 0 Å². The molecule has 27 heavy (non-hydrogen) atoms. The Hall–Kier alpha value is -2.20. The van der Waals surface area contributed by atoms with Crippen LogP contribution in [0.1, 0.15) is 34.6 Å². The van der Waals surface area contributed by atoms with Crippen LogP contribution in [-0.2, 0) is 18.9 Å². The molecule has 1 atom stereocenters. The number of nitrogens with zero attached hydrogens (tertiary/aromatic N) is 4. The highest BCUT2D eigenvalue weighted by Crippen LogP contribution is 2.36. The van der Waals surface area contributed by atoms with E-state index in [0.717, 1.165) is 0 Å². The van der Waals surface area contributed by atoms with Crippen molar-refractivity contribution in [3.05, 3.63) is 12.4 Å². The summed E-state index contributed by atoms with van der Waals surface area (Å²) < 4.78 is 12.0. The van der Waals surface area contributed by atoms with Gasteiger partial charge in [-0.05, 0) is 27.7 Å². The number of rotatable bonds is 3. The van der Waals surface area contributed by atoms with E-state index in [1.54, 1.807) is 17.3 Å². The quantitative estimate of drug-likeness (QED) is 0.730. The number of anilines is 1. The first-order valence-electron chi connectivity index (χ1n) is 8.94. The summed E-state index contributed by atoms with van der Waals surface area (Å²) in [6.45, 7) is 10.2. The highest BCUT2D eigenvalue weighted by molar-refractivity contribution is 6.61. The van der Waals surface area contributed by atoms with E-state index in [1.807, 2.05) is 27.7 Å². The maximum Gasteiger partial charge on any atom is 0.498 e. The Morgan fingerprint density at radius 3 is 2.19 bits per heavy atom. The number of carboxylic acid groups (broad SMARTS) is 1. The highest BCUT2D eigenvalue weighted by Gasteiger charge is 2.52. The van der Waals surface area contributed by atoms with Gasteiger partial charge in [-0.25, -0.2) is 14.8 Å². The second-order valence-corrected chi connectivity index (χ2v) is 7.92. The van der Waals surface area contributed by atoms with Crippen molar-refractivity contribution in [1.29, 1.82) is 0 Å². The molecule has 2 aliphatic rings. The van der Waals surface area contributed by atoms with E-state index in [9.17, 15) is 14.7 Å². The molecule has 10 heteroatoms. The molecular formula is C17H25BN4O5. The molecule has 146 valence electrons. The zero-order chi connectivity index (χ0) is 20.0. The number of carbonyl (C=O) groups is 2. The van der Waals surface area contributed by atoms with Gasteiger partial charge in [0, 0.05) is 37.9 Å². The molecule has 0 spiro atoms. The minimum atomic E-state index is -1.01. The van der Waals surface area contributed by atoms with Gasteiger partial charge in [0.1, 0.15) is 6.04 Å². The Bertz CT molecular complexity index is 723. The van der Waals surface area contributed by atoms with E-state index in [1.165, 1.54) is 11.8 Å². The van der Waals surface area contributed by atoms with Gasteiger partial charge < -0.3 is 24.2 Å². The SMILES string of the molecule is CC(=O)N1CCN(c2ncc(B3OC(C)(C)C(C)(C)O3)cn2)[C@@H](C(=O)O)C1. The molecule has 0 aromatic carbocycles. The van der Waals surface area contributed by atoms with Crippen LogP contribution in [0.15, 0.2) is 12.4 Å². The molecule has 3 rings (SSSR count). The lowest BCUT2D eigenvalue weighted by molar-refractivity contribution is -0.141. The molecule has 3 heterocycles. The molecule has 1 N–H and O–H groups in total. The van der Waals surface area contributed by atoms with Gasteiger partial charge in [-0.1, -0.05) is 0 Å². The van der Waals surface area contributed by atoms with Crippen molar-refractivity contribution in [3.63, 3.8) is 0 Å². The van der Waals surface area contributed by atoms with Crippen molar-refractivity contribution in [2.75, 3.05) is 24.5 Å². The molecule has 1 amide bonds. The van der Waals surface area contributed by atoms with Crippen molar-refractivity contribution < 1.29 is 24.0 Å². The van der Waals surface area contributed by atoms with Crippen molar-refractivity contribution in [2.24, 2.45) is 0 Å². The maximum absolute atomic E-state index is 11.7. The largest absolute Gasteiger partial charge is 0.498 e. The number of hydrogen-bond acceptors (Lipinski definition) is 7. The summed E-state index contributed by atoms with van der Waals surface area (Å²) in [5, 5.41) is 9.54. The summed E-state index contributed by atoms with van der Waals surface area (Å²) in [7, 11) is -0.575. The van der Waals surface area contributed by atoms with Gasteiger partial charge in [0.05, 0.1) is 17.7 Å². The summed E-state index contributed by atoms with van der Waals surface area (Å²) in [6.07, 6.45) is 3.20. The Balaban J connectivity index is 1.77. The van der Waals surface area contributed by atoms with Crippen LogP contribution in [0.3, 0.4) is 0 Å². The fourth-order valence-electron chi connectivity index (χ4n) is 3.10. The van der Waals surface area contributed by atoms with Gasteiger partial charge in [-0.2, -0.15) is 0 Å². The Labute approximate surface area is 158 Å². The topological polar surface area (TPSA) is 105 Å². The van der Waals surface area contributed by atoms with E-state index in [4.69, 9.17) is 9.31 Å². The predicted molar refractivity (Wildman–Crippen MR) is 98.8 cm³/mol. The van der Waals surface area contributed by atoms with Crippen LogP contribution in [0, 0.1) is 0 Å². The predicted octanol–water partition coefficient (Wildman–Crippen LogP) is -0.102. The lowest BCUT2D eigenvalue weighted by atomic mass is 9.81. The third kappa shape index (κ3) is 3.63. The molecule has 2 aliphatic heterocycles. The monoisotopic (exact) mass is 376 g/mol. The van der Waals surface area contributed by atoms with Crippen LogP contribution < -0.4 is 10.4 Å². The van der Waals surface area contributed by atoms with Crippen LogP contribution in [0.25, 0.3) is 0 Å². The summed E-state index contributed by atoms with van der Waals surface area (Å²) >= 11 is 0. The normalized spacial score (nSPS) is 24.2. The fourth-order valence-corrected chi connectivity index (χ4v) is 3.10. The van der Waals surface area contributed by atoms with Crippen LogP contribution in [-0.4, -0.2) is 75.8 Å². The first-order chi connectivity index (χ1) is 12.5. The second-order valence-electron chi connectivity index (χ2n) is 7.92. The zero-order valence-electron chi connectivity index (χ0n) is 16.3. The summed E-state index contributed by atoms with van der Waals surface area (Å²) in [5.74, 6) is -0.844. The molecule has 9 nitrogen and oxygen atoms in total.